The van der Waals surface area contributed by atoms with Crippen molar-refractivity contribution in [3.05, 3.63) is 69.7 Å². The highest BCUT2D eigenvalue weighted by atomic mass is 19.4. The maximum absolute atomic E-state index is 15.1. The summed E-state index contributed by atoms with van der Waals surface area (Å²) in [6.45, 7) is 1.95. The van der Waals surface area contributed by atoms with Gasteiger partial charge in [-0.05, 0) is 32.0 Å². The van der Waals surface area contributed by atoms with E-state index in [1.165, 1.54) is 6.92 Å². The molecule has 0 spiro atoms. The molecule has 0 aliphatic carbocycles. The van der Waals surface area contributed by atoms with Crippen LogP contribution in [0, 0.1) is 17.5 Å². The molecule has 0 saturated carbocycles. The summed E-state index contributed by atoms with van der Waals surface area (Å²) in [6.07, 6.45) is -7.46. The first-order chi connectivity index (χ1) is 17.3. The number of ether oxygens (including phenoxy) is 2. The summed E-state index contributed by atoms with van der Waals surface area (Å²) in [7, 11) is 1.00. The molecule has 198 valence electrons. The van der Waals surface area contributed by atoms with Gasteiger partial charge in [-0.1, -0.05) is 6.07 Å². The van der Waals surface area contributed by atoms with Crippen LogP contribution in [0.25, 0.3) is 5.69 Å². The average molecular weight is 532 g/mol. The van der Waals surface area contributed by atoms with Crippen molar-refractivity contribution in [2.45, 2.75) is 32.7 Å². The van der Waals surface area contributed by atoms with Crippen molar-refractivity contribution in [3.8, 4) is 11.4 Å². The first-order valence-electron chi connectivity index (χ1n) is 10.4. The molecular formula is C22H18F6N4O5. The van der Waals surface area contributed by atoms with E-state index in [0.29, 0.717) is 23.7 Å². The third-order valence-corrected chi connectivity index (χ3v) is 5.03. The lowest BCUT2D eigenvalue weighted by Gasteiger charge is -2.20. The number of alkyl halides is 3. The van der Waals surface area contributed by atoms with Gasteiger partial charge in [0.25, 0.3) is 5.91 Å². The van der Waals surface area contributed by atoms with Crippen molar-refractivity contribution in [1.29, 1.82) is 0 Å². The van der Waals surface area contributed by atoms with Crippen molar-refractivity contribution in [2.75, 3.05) is 12.4 Å². The Bertz CT molecular complexity index is 1400. The van der Waals surface area contributed by atoms with E-state index in [-0.39, 0.29) is 6.54 Å². The van der Waals surface area contributed by atoms with Crippen LogP contribution in [-0.2, 0) is 11.3 Å². The molecule has 37 heavy (non-hydrogen) atoms. The van der Waals surface area contributed by atoms with Gasteiger partial charge in [-0.2, -0.15) is 17.9 Å². The molecule has 0 unspecified atom stereocenters. The van der Waals surface area contributed by atoms with Gasteiger partial charge in [-0.25, -0.2) is 22.8 Å². The van der Waals surface area contributed by atoms with Crippen molar-refractivity contribution in [1.82, 2.24) is 14.3 Å². The minimum Gasteiger partial charge on any atom is -0.480 e. The summed E-state index contributed by atoms with van der Waals surface area (Å²) < 4.78 is 93.2. The van der Waals surface area contributed by atoms with E-state index in [4.69, 9.17) is 4.74 Å². The van der Waals surface area contributed by atoms with Crippen molar-refractivity contribution < 1.29 is 45.4 Å². The molecule has 0 fully saturated rings. The SMILES string of the molecule is CCn1c(C(=O)OC)nn(-c2cc(O[C@@H](C)C(F)(F)F)c(C(=O)Nc3c(F)cccc3F)cc2F)c1=O. The van der Waals surface area contributed by atoms with Crippen LogP contribution in [0.5, 0.6) is 5.75 Å². The average Bonchev–Trinajstić information content (AvgIpc) is 3.16. The van der Waals surface area contributed by atoms with Crippen LogP contribution in [0.3, 0.4) is 0 Å². The van der Waals surface area contributed by atoms with Crippen molar-refractivity contribution in [3.63, 3.8) is 0 Å². The summed E-state index contributed by atoms with van der Waals surface area (Å²) in [5, 5.41) is 5.52. The summed E-state index contributed by atoms with van der Waals surface area (Å²) >= 11 is 0. The predicted octanol–water partition coefficient (Wildman–Crippen LogP) is 3.84. The fraction of sp³-hybridized carbons (Fsp3) is 0.273. The maximum atomic E-state index is 15.1. The first kappa shape index (κ1) is 27.3. The van der Waals surface area contributed by atoms with Crippen LogP contribution < -0.4 is 15.7 Å². The molecule has 0 aliphatic heterocycles. The second kappa shape index (κ2) is 10.4. The van der Waals surface area contributed by atoms with E-state index in [2.05, 4.69) is 9.84 Å². The number of aromatic nitrogens is 3. The number of methoxy groups -OCH3 is 1. The van der Waals surface area contributed by atoms with Crippen LogP contribution in [0.2, 0.25) is 0 Å². The number of para-hydroxylation sites is 1. The zero-order chi connectivity index (χ0) is 27.7. The highest BCUT2D eigenvalue weighted by molar-refractivity contribution is 6.06. The Labute approximate surface area is 204 Å². The van der Waals surface area contributed by atoms with Gasteiger partial charge < -0.3 is 14.8 Å². The number of rotatable bonds is 7. The van der Waals surface area contributed by atoms with Crippen molar-refractivity contribution in [2.24, 2.45) is 0 Å². The van der Waals surface area contributed by atoms with E-state index in [1.54, 1.807) is 0 Å². The van der Waals surface area contributed by atoms with E-state index >= 15 is 4.39 Å². The molecule has 3 rings (SSSR count). The fourth-order valence-corrected chi connectivity index (χ4v) is 3.12. The van der Waals surface area contributed by atoms with Crippen LogP contribution in [0.15, 0.2) is 35.1 Å². The number of nitrogens with zero attached hydrogens (tertiary/aromatic N) is 3. The standard InChI is InChI=1S/C22H18F6N4O5/c1-4-31-18(20(34)36-3)30-32(21(31)35)15-9-16(37-10(2)22(26,27)28)11(8-14(15)25)19(33)29-17-12(23)6-5-7-13(17)24/h5-10H,4H2,1-3H3,(H,29,33)/t10-/m0/s1. The minimum atomic E-state index is -4.93. The van der Waals surface area contributed by atoms with Gasteiger partial charge >= 0.3 is 17.8 Å². The molecule has 1 atom stereocenters. The summed E-state index contributed by atoms with van der Waals surface area (Å²) in [5.41, 5.74) is -3.65. The molecule has 9 nitrogen and oxygen atoms in total. The second-order valence-electron chi connectivity index (χ2n) is 7.41. The smallest absolute Gasteiger partial charge is 0.425 e. The van der Waals surface area contributed by atoms with Crippen LogP contribution in [0.1, 0.15) is 34.8 Å². The maximum Gasteiger partial charge on any atom is 0.425 e. The number of amides is 1. The van der Waals surface area contributed by atoms with E-state index in [9.17, 15) is 36.3 Å². The van der Waals surface area contributed by atoms with Crippen LogP contribution >= 0.6 is 0 Å². The first-order valence-corrected chi connectivity index (χ1v) is 10.4. The number of hydrogen-bond acceptors (Lipinski definition) is 6. The number of carbonyl (C=O) groups is 2. The third-order valence-electron chi connectivity index (χ3n) is 5.03. The number of esters is 1. The van der Waals surface area contributed by atoms with E-state index in [0.717, 1.165) is 29.9 Å². The monoisotopic (exact) mass is 532 g/mol. The lowest BCUT2D eigenvalue weighted by molar-refractivity contribution is -0.189. The molecule has 0 radical (unpaired) electrons. The molecule has 0 aliphatic rings. The molecule has 1 aromatic heterocycles. The predicted molar refractivity (Wildman–Crippen MR) is 115 cm³/mol. The fourth-order valence-electron chi connectivity index (χ4n) is 3.12. The van der Waals surface area contributed by atoms with E-state index < -0.39 is 75.8 Å². The number of nitrogens with one attached hydrogen (secondary N) is 1. The highest BCUT2D eigenvalue weighted by Crippen LogP contribution is 2.31. The van der Waals surface area contributed by atoms with Gasteiger partial charge in [0, 0.05) is 12.6 Å². The molecule has 3 aromatic rings. The molecule has 1 N–H and O–H groups in total. The highest BCUT2D eigenvalue weighted by Gasteiger charge is 2.39. The minimum absolute atomic E-state index is 0.103. The molecule has 2 aromatic carbocycles. The lowest BCUT2D eigenvalue weighted by atomic mass is 10.1. The summed E-state index contributed by atoms with van der Waals surface area (Å²) in [5.74, 6) is -7.66. The molecule has 1 heterocycles. The van der Waals surface area contributed by atoms with Gasteiger partial charge in [-0.15, -0.1) is 5.10 Å². The second-order valence-corrected chi connectivity index (χ2v) is 7.41. The summed E-state index contributed by atoms with van der Waals surface area (Å²) in [6, 6.07) is 3.59. The molecular weight excluding hydrogens is 514 g/mol. The Morgan fingerprint density at radius 2 is 1.73 bits per heavy atom. The number of benzene rings is 2. The molecule has 1 amide bonds. The van der Waals surface area contributed by atoms with Gasteiger partial charge in [0.1, 0.15) is 34.6 Å². The largest absolute Gasteiger partial charge is 0.480 e. The van der Waals surface area contributed by atoms with Crippen molar-refractivity contribution >= 4 is 17.6 Å². The Balaban J connectivity index is 2.18. The Kier molecular flexibility index (Phi) is 7.64. The Hall–Kier alpha value is -4.30. The van der Waals surface area contributed by atoms with Crippen LogP contribution in [0.4, 0.5) is 32.0 Å². The van der Waals surface area contributed by atoms with Gasteiger partial charge in [0.05, 0.1) is 12.7 Å². The number of carbonyl (C=O) groups excluding carboxylic acids is 2. The van der Waals surface area contributed by atoms with Gasteiger partial charge in [-0.3, -0.25) is 9.36 Å². The zero-order valence-corrected chi connectivity index (χ0v) is 19.3. The molecule has 0 saturated heterocycles. The number of halogens is 6. The molecule has 0 bridgehead atoms. The molecule has 15 heteroatoms. The van der Waals surface area contributed by atoms with Gasteiger partial charge in [0.15, 0.2) is 6.10 Å². The Morgan fingerprint density at radius 3 is 2.27 bits per heavy atom. The third kappa shape index (κ3) is 5.44. The number of hydrogen-bond donors (Lipinski definition) is 1. The zero-order valence-electron chi connectivity index (χ0n) is 19.3. The van der Waals surface area contributed by atoms with Crippen LogP contribution in [-0.4, -0.2) is 45.6 Å². The quantitative estimate of drug-likeness (QED) is 0.366. The summed E-state index contributed by atoms with van der Waals surface area (Å²) in [4.78, 5) is 37.4. The Morgan fingerprint density at radius 1 is 1.11 bits per heavy atom. The normalized spacial score (nSPS) is 12.2. The number of anilines is 1. The lowest BCUT2D eigenvalue weighted by Crippen LogP contribution is -2.32. The van der Waals surface area contributed by atoms with E-state index in [1.807, 2.05) is 5.32 Å². The van der Waals surface area contributed by atoms with Gasteiger partial charge in [0.2, 0.25) is 5.82 Å². The topological polar surface area (TPSA) is 104 Å².